The first-order chi connectivity index (χ1) is 8.08. The van der Waals surface area contributed by atoms with Gasteiger partial charge >= 0.3 is 0 Å². The van der Waals surface area contributed by atoms with E-state index >= 15 is 0 Å². The first-order valence-corrected chi connectivity index (χ1v) is 6.14. The van der Waals surface area contributed by atoms with Gasteiger partial charge in [0.15, 0.2) is 11.0 Å². The number of halogens is 1. The molecule has 17 heavy (non-hydrogen) atoms. The minimum Gasteiger partial charge on any atom is -0.368 e. The summed E-state index contributed by atoms with van der Waals surface area (Å²) in [6, 6.07) is 4.64. The molecule has 1 aromatic carbocycles. The number of nitrogens with zero attached hydrogens (tertiary/aromatic N) is 3. The normalized spacial score (nSPS) is 10.5. The Balaban J connectivity index is 2.55. The van der Waals surface area contributed by atoms with Gasteiger partial charge in [-0.15, -0.1) is 0 Å². The molecule has 88 valence electrons. The molecule has 0 unspecified atom stereocenters. The summed E-state index contributed by atoms with van der Waals surface area (Å²) in [4.78, 5) is 12.2. The molecule has 2 rings (SSSR count). The number of thioether (sulfide) groups is 1. The van der Waals surface area contributed by atoms with Gasteiger partial charge in [0.1, 0.15) is 5.82 Å². The maximum Gasteiger partial charge on any atom is 0.224 e. The molecule has 0 saturated carbocycles. The fourth-order valence-electron chi connectivity index (χ4n) is 1.46. The quantitative estimate of drug-likeness (QED) is 0.828. The number of anilines is 1. The number of hydrogen-bond acceptors (Lipinski definition) is 5. The summed E-state index contributed by atoms with van der Waals surface area (Å²) in [7, 11) is 0. The minimum absolute atomic E-state index is 0.140. The molecular formula is C11H11FN4S. The predicted molar refractivity (Wildman–Crippen MR) is 66.2 cm³/mol. The molecule has 4 nitrogen and oxygen atoms in total. The van der Waals surface area contributed by atoms with Gasteiger partial charge in [-0.1, -0.05) is 11.8 Å². The van der Waals surface area contributed by atoms with Crippen LogP contribution in [0.2, 0.25) is 0 Å². The van der Waals surface area contributed by atoms with Crippen molar-refractivity contribution in [3.05, 3.63) is 29.6 Å². The van der Waals surface area contributed by atoms with Crippen LogP contribution in [-0.4, -0.2) is 21.2 Å². The molecule has 1 aromatic heterocycles. The Hall–Kier alpha value is -1.69. The number of nitrogens with two attached hydrogens (primary N) is 1. The molecule has 0 saturated heterocycles. The van der Waals surface area contributed by atoms with Crippen molar-refractivity contribution in [2.45, 2.75) is 12.1 Å². The van der Waals surface area contributed by atoms with Gasteiger partial charge < -0.3 is 5.73 Å². The van der Waals surface area contributed by atoms with Crippen LogP contribution in [0.5, 0.6) is 0 Å². The van der Waals surface area contributed by atoms with Crippen molar-refractivity contribution < 1.29 is 4.39 Å². The van der Waals surface area contributed by atoms with Crippen molar-refractivity contribution in [3.8, 4) is 11.4 Å². The number of hydrogen-bond donors (Lipinski definition) is 1. The van der Waals surface area contributed by atoms with Crippen LogP contribution in [0.1, 0.15) is 5.56 Å². The zero-order valence-corrected chi connectivity index (χ0v) is 10.3. The molecule has 0 amide bonds. The average molecular weight is 250 g/mol. The molecular weight excluding hydrogens is 239 g/mol. The summed E-state index contributed by atoms with van der Waals surface area (Å²) in [6.07, 6.45) is 1.84. The number of benzene rings is 1. The van der Waals surface area contributed by atoms with E-state index in [4.69, 9.17) is 5.73 Å². The highest BCUT2D eigenvalue weighted by molar-refractivity contribution is 7.98. The van der Waals surface area contributed by atoms with Gasteiger partial charge in [0, 0.05) is 5.56 Å². The number of aryl methyl sites for hydroxylation is 1. The third-order valence-corrected chi connectivity index (χ3v) is 2.66. The molecule has 2 N–H and O–H groups in total. The van der Waals surface area contributed by atoms with E-state index in [0.29, 0.717) is 16.5 Å². The van der Waals surface area contributed by atoms with Crippen LogP contribution in [0, 0.1) is 12.7 Å². The van der Waals surface area contributed by atoms with Crippen molar-refractivity contribution in [1.82, 2.24) is 15.0 Å². The largest absolute Gasteiger partial charge is 0.368 e. The SMILES string of the molecule is CSc1nc(N)nc(-c2cc(C)cc(F)c2)n1. The Morgan fingerprint density at radius 3 is 2.59 bits per heavy atom. The predicted octanol–water partition coefficient (Wildman–Crippen LogP) is 2.29. The zero-order chi connectivity index (χ0) is 12.4. The Kier molecular flexibility index (Phi) is 3.23. The van der Waals surface area contributed by atoms with Gasteiger partial charge in [-0.2, -0.15) is 9.97 Å². The second-order valence-electron chi connectivity index (χ2n) is 3.52. The highest BCUT2D eigenvalue weighted by Crippen LogP contribution is 2.20. The number of rotatable bonds is 2. The topological polar surface area (TPSA) is 64.7 Å². The van der Waals surface area contributed by atoms with Crippen LogP contribution in [0.25, 0.3) is 11.4 Å². The third kappa shape index (κ3) is 2.71. The molecule has 0 fully saturated rings. The summed E-state index contributed by atoms with van der Waals surface area (Å²) < 4.78 is 13.3. The molecule has 1 heterocycles. The lowest BCUT2D eigenvalue weighted by Crippen LogP contribution is -2.01. The van der Waals surface area contributed by atoms with Crippen LogP contribution in [-0.2, 0) is 0 Å². The average Bonchev–Trinajstić information content (AvgIpc) is 2.26. The second kappa shape index (κ2) is 4.67. The highest BCUT2D eigenvalue weighted by Gasteiger charge is 2.08. The Labute approximate surface area is 103 Å². The van der Waals surface area contributed by atoms with E-state index in [9.17, 15) is 4.39 Å². The van der Waals surface area contributed by atoms with Gasteiger partial charge in [-0.25, -0.2) is 9.37 Å². The van der Waals surface area contributed by atoms with Gasteiger partial charge in [0.05, 0.1) is 0 Å². The van der Waals surface area contributed by atoms with Crippen LogP contribution in [0.15, 0.2) is 23.4 Å². The third-order valence-electron chi connectivity index (χ3n) is 2.12. The number of nitrogen functional groups attached to an aromatic ring is 1. The smallest absolute Gasteiger partial charge is 0.224 e. The lowest BCUT2D eigenvalue weighted by atomic mass is 10.1. The summed E-state index contributed by atoms with van der Waals surface area (Å²) in [5.74, 6) is 0.218. The van der Waals surface area contributed by atoms with E-state index in [1.807, 2.05) is 19.2 Å². The molecule has 0 atom stereocenters. The van der Waals surface area contributed by atoms with Gasteiger partial charge in [-0.3, -0.25) is 0 Å². The lowest BCUT2D eigenvalue weighted by molar-refractivity contribution is 0.627. The fraction of sp³-hybridized carbons (Fsp3) is 0.182. The summed E-state index contributed by atoms with van der Waals surface area (Å²) >= 11 is 1.36. The molecule has 0 aliphatic rings. The standard InChI is InChI=1S/C11H11FN4S/c1-6-3-7(5-8(12)4-6)9-14-10(13)16-11(15-9)17-2/h3-5H,1-2H3,(H2,13,14,15,16). The summed E-state index contributed by atoms with van der Waals surface area (Å²) in [6.45, 7) is 1.81. The van der Waals surface area contributed by atoms with E-state index in [-0.39, 0.29) is 11.8 Å². The summed E-state index contributed by atoms with van der Waals surface area (Å²) in [5, 5.41) is 0.523. The van der Waals surface area contributed by atoms with E-state index < -0.39 is 0 Å². The zero-order valence-electron chi connectivity index (χ0n) is 9.44. The van der Waals surface area contributed by atoms with E-state index in [1.165, 1.54) is 23.9 Å². The maximum absolute atomic E-state index is 13.3. The van der Waals surface area contributed by atoms with Crippen LogP contribution >= 0.6 is 11.8 Å². The Morgan fingerprint density at radius 1 is 1.18 bits per heavy atom. The first-order valence-electron chi connectivity index (χ1n) is 4.91. The Bertz CT molecular complexity index is 539. The molecule has 2 aromatic rings. The van der Waals surface area contributed by atoms with Crippen molar-refractivity contribution in [2.24, 2.45) is 0 Å². The first kappa shape index (κ1) is 11.8. The monoisotopic (exact) mass is 250 g/mol. The van der Waals surface area contributed by atoms with Crippen LogP contribution in [0.3, 0.4) is 0 Å². The van der Waals surface area contributed by atoms with E-state index in [0.717, 1.165) is 5.56 Å². The lowest BCUT2D eigenvalue weighted by Gasteiger charge is -2.04. The van der Waals surface area contributed by atoms with E-state index in [2.05, 4.69) is 15.0 Å². The van der Waals surface area contributed by atoms with Crippen molar-refractivity contribution in [3.63, 3.8) is 0 Å². The van der Waals surface area contributed by atoms with Gasteiger partial charge in [0.2, 0.25) is 5.95 Å². The molecule has 0 aliphatic carbocycles. The number of aromatic nitrogens is 3. The van der Waals surface area contributed by atoms with Gasteiger partial charge in [-0.05, 0) is 36.9 Å². The molecule has 0 aliphatic heterocycles. The molecule has 6 heteroatoms. The van der Waals surface area contributed by atoms with Crippen LogP contribution in [0.4, 0.5) is 10.3 Å². The van der Waals surface area contributed by atoms with Crippen molar-refractivity contribution in [1.29, 1.82) is 0 Å². The minimum atomic E-state index is -0.315. The molecule has 0 spiro atoms. The van der Waals surface area contributed by atoms with E-state index in [1.54, 1.807) is 0 Å². The highest BCUT2D eigenvalue weighted by atomic mass is 32.2. The molecule has 0 radical (unpaired) electrons. The second-order valence-corrected chi connectivity index (χ2v) is 4.29. The van der Waals surface area contributed by atoms with Crippen molar-refractivity contribution in [2.75, 3.05) is 12.0 Å². The molecule has 0 bridgehead atoms. The van der Waals surface area contributed by atoms with Crippen LogP contribution < -0.4 is 5.73 Å². The van der Waals surface area contributed by atoms with Crippen molar-refractivity contribution >= 4 is 17.7 Å². The fourth-order valence-corrected chi connectivity index (χ4v) is 1.82. The Morgan fingerprint density at radius 2 is 1.94 bits per heavy atom. The summed E-state index contributed by atoms with van der Waals surface area (Å²) in [5.41, 5.74) is 6.99. The maximum atomic E-state index is 13.3. The van der Waals surface area contributed by atoms with Gasteiger partial charge in [0.25, 0.3) is 0 Å².